The number of thiophene rings is 1. The fraction of sp³-hybridized carbons (Fsp3) is 0.615. The van der Waals surface area contributed by atoms with Crippen LogP contribution in [-0.4, -0.2) is 42.9 Å². The maximum absolute atomic E-state index is 5.40. The lowest BCUT2D eigenvalue weighted by Gasteiger charge is -2.29. The molecule has 102 valence electrons. The normalized spacial score (nSPS) is 14.0. The van der Waals surface area contributed by atoms with Crippen molar-refractivity contribution in [1.29, 1.82) is 0 Å². The molecule has 0 aliphatic carbocycles. The van der Waals surface area contributed by atoms with Crippen LogP contribution in [0, 0.1) is 0 Å². The highest BCUT2D eigenvalue weighted by Crippen LogP contribution is 2.13. The van der Waals surface area contributed by atoms with E-state index in [4.69, 9.17) is 17.0 Å². The van der Waals surface area contributed by atoms with Crippen LogP contribution in [0.3, 0.4) is 0 Å². The van der Waals surface area contributed by atoms with Crippen molar-refractivity contribution in [2.45, 2.75) is 32.4 Å². The molecule has 0 spiro atoms. The molecule has 2 atom stereocenters. The van der Waals surface area contributed by atoms with Crippen LogP contribution in [0.4, 0.5) is 0 Å². The minimum absolute atomic E-state index is 0.235. The Hall–Kier alpha value is -0.650. The second-order valence-electron chi connectivity index (χ2n) is 4.55. The summed E-state index contributed by atoms with van der Waals surface area (Å²) in [6.45, 7) is 4.91. The molecular weight excluding hydrogens is 264 g/mol. The van der Waals surface area contributed by atoms with E-state index in [2.05, 4.69) is 41.6 Å². The number of methoxy groups -OCH3 is 1. The van der Waals surface area contributed by atoms with Crippen LogP contribution in [-0.2, 0) is 11.2 Å². The van der Waals surface area contributed by atoms with E-state index < -0.39 is 0 Å². The Morgan fingerprint density at radius 2 is 2.28 bits per heavy atom. The number of thiocarbonyl (C=S) groups is 1. The molecule has 5 heteroatoms. The fourth-order valence-corrected chi connectivity index (χ4v) is 2.87. The first-order chi connectivity index (χ1) is 8.54. The van der Waals surface area contributed by atoms with Crippen LogP contribution < -0.4 is 5.32 Å². The Labute approximate surface area is 119 Å². The van der Waals surface area contributed by atoms with Gasteiger partial charge >= 0.3 is 0 Å². The molecule has 1 heterocycles. The molecule has 18 heavy (non-hydrogen) atoms. The minimum Gasteiger partial charge on any atom is -0.383 e. The topological polar surface area (TPSA) is 24.5 Å². The van der Waals surface area contributed by atoms with Gasteiger partial charge in [-0.05, 0) is 37.5 Å². The summed E-state index contributed by atoms with van der Waals surface area (Å²) in [4.78, 5) is 3.50. The van der Waals surface area contributed by atoms with Gasteiger partial charge in [-0.25, -0.2) is 0 Å². The number of likely N-dealkylation sites (N-methyl/N-ethyl adjacent to an activating group) is 1. The van der Waals surface area contributed by atoms with Crippen molar-refractivity contribution in [2.75, 3.05) is 20.8 Å². The van der Waals surface area contributed by atoms with Crippen LogP contribution in [0.2, 0.25) is 0 Å². The third kappa shape index (κ3) is 4.92. The third-order valence-corrected chi connectivity index (χ3v) is 4.15. The predicted octanol–water partition coefficient (Wildman–Crippen LogP) is 2.52. The Bertz CT molecular complexity index is 354. The number of rotatable bonds is 6. The summed E-state index contributed by atoms with van der Waals surface area (Å²) in [5.74, 6) is 0. The van der Waals surface area contributed by atoms with Crippen LogP contribution in [0.1, 0.15) is 18.7 Å². The molecule has 0 aliphatic rings. The van der Waals surface area contributed by atoms with Gasteiger partial charge in [0.05, 0.1) is 6.61 Å². The lowest BCUT2D eigenvalue weighted by molar-refractivity contribution is 0.177. The maximum Gasteiger partial charge on any atom is 0.169 e. The van der Waals surface area contributed by atoms with Gasteiger partial charge in [0.15, 0.2) is 5.11 Å². The number of nitrogens with zero attached hydrogens (tertiary/aromatic N) is 1. The van der Waals surface area contributed by atoms with E-state index >= 15 is 0 Å². The minimum atomic E-state index is 0.235. The molecule has 1 N–H and O–H groups in total. The number of hydrogen-bond donors (Lipinski definition) is 1. The van der Waals surface area contributed by atoms with E-state index in [0.29, 0.717) is 12.6 Å². The standard InChI is InChI=1S/C13H22N2OS2/c1-10(9-16-4)14-13(17)15(3)11(2)8-12-6-5-7-18-12/h5-7,10-11H,8-9H2,1-4H3,(H,14,17). The van der Waals surface area contributed by atoms with Crippen LogP contribution >= 0.6 is 23.6 Å². The van der Waals surface area contributed by atoms with Crippen molar-refractivity contribution in [1.82, 2.24) is 10.2 Å². The SMILES string of the molecule is COCC(C)NC(=S)N(C)C(C)Cc1cccs1. The fourth-order valence-electron chi connectivity index (χ4n) is 1.66. The molecule has 0 fully saturated rings. The van der Waals surface area contributed by atoms with E-state index in [1.807, 2.05) is 7.05 Å². The molecule has 0 aromatic carbocycles. The first-order valence-corrected chi connectivity index (χ1v) is 7.38. The van der Waals surface area contributed by atoms with Crippen molar-refractivity contribution >= 4 is 28.7 Å². The molecule has 0 aliphatic heterocycles. The van der Waals surface area contributed by atoms with Gasteiger partial charge in [0.1, 0.15) is 0 Å². The number of nitrogens with one attached hydrogen (secondary N) is 1. The third-order valence-electron chi connectivity index (χ3n) is 2.84. The highest BCUT2D eigenvalue weighted by molar-refractivity contribution is 7.80. The van der Waals surface area contributed by atoms with Crippen LogP contribution in [0.5, 0.6) is 0 Å². The van der Waals surface area contributed by atoms with E-state index in [1.54, 1.807) is 18.4 Å². The highest BCUT2D eigenvalue weighted by atomic mass is 32.1. The first kappa shape index (κ1) is 15.4. The molecule has 1 rings (SSSR count). The highest BCUT2D eigenvalue weighted by Gasteiger charge is 2.15. The van der Waals surface area contributed by atoms with Crippen LogP contribution in [0.25, 0.3) is 0 Å². The van der Waals surface area contributed by atoms with E-state index in [-0.39, 0.29) is 6.04 Å². The summed E-state index contributed by atoms with van der Waals surface area (Å²) in [6.07, 6.45) is 1.02. The zero-order chi connectivity index (χ0) is 13.5. The van der Waals surface area contributed by atoms with Gasteiger partial charge in [-0.2, -0.15) is 0 Å². The maximum atomic E-state index is 5.40. The second kappa shape index (κ2) is 7.71. The molecule has 0 radical (unpaired) electrons. The second-order valence-corrected chi connectivity index (χ2v) is 5.97. The van der Waals surface area contributed by atoms with Gasteiger partial charge in [-0.15, -0.1) is 11.3 Å². The zero-order valence-corrected chi connectivity index (χ0v) is 13.1. The molecular formula is C13H22N2OS2. The zero-order valence-electron chi connectivity index (χ0n) is 11.5. The van der Waals surface area contributed by atoms with Gasteiger partial charge in [0.2, 0.25) is 0 Å². The van der Waals surface area contributed by atoms with Crippen molar-refractivity contribution in [3.05, 3.63) is 22.4 Å². The van der Waals surface area contributed by atoms with E-state index in [1.165, 1.54) is 4.88 Å². The van der Waals surface area contributed by atoms with E-state index in [0.717, 1.165) is 11.5 Å². The average molecular weight is 286 g/mol. The van der Waals surface area contributed by atoms with Gasteiger partial charge in [0.25, 0.3) is 0 Å². The summed E-state index contributed by atoms with van der Waals surface area (Å²) in [5, 5.41) is 6.17. The van der Waals surface area contributed by atoms with E-state index in [9.17, 15) is 0 Å². The summed E-state index contributed by atoms with van der Waals surface area (Å²) in [6, 6.07) is 4.88. The summed E-state index contributed by atoms with van der Waals surface area (Å²) in [7, 11) is 3.73. The lowest BCUT2D eigenvalue weighted by atomic mass is 10.2. The summed E-state index contributed by atoms with van der Waals surface area (Å²) in [5.41, 5.74) is 0. The monoisotopic (exact) mass is 286 g/mol. The largest absolute Gasteiger partial charge is 0.383 e. The van der Waals surface area contributed by atoms with Gasteiger partial charge in [-0.3, -0.25) is 0 Å². The first-order valence-electron chi connectivity index (χ1n) is 6.09. The Morgan fingerprint density at radius 1 is 1.56 bits per heavy atom. The van der Waals surface area contributed by atoms with Gasteiger partial charge in [-0.1, -0.05) is 6.07 Å². The molecule has 0 saturated carbocycles. The molecule has 2 unspecified atom stereocenters. The molecule has 0 amide bonds. The number of ether oxygens (including phenoxy) is 1. The van der Waals surface area contributed by atoms with Gasteiger partial charge < -0.3 is 15.0 Å². The molecule has 0 bridgehead atoms. The number of hydrogen-bond acceptors (Lipinski definition) is 3. The van der Waals surface area contributed by atoms with Crippen molar-refractivity contribution in [2.24, 2.45) is 0 Å². The van der Waals surface area contributed by atoms with Gasteiger partial charge in [0, 0.05) is 37.5 Å². The van der Waals surface area contributed by atoms with Crippen LogP contribution in [0.15, 0.2) is 17.5 Å². The summed E-state index contributed by atoms with van der Waals surface area (Å²) >= 11 is 7.19. The molecule has 3 nitrogen and oxygen atoms in total. The summed E-state index contributed by atoms with van der Waals surface area (Å²) < 4.78 is 5.09. The Balaban J connectivity index is 2.42. The molecule has 0 saturated heterocycles. The molecule has 1 aromatic rings. The average Bonchev–Trinajstić information content (AvgIpc) is 2.80. The predicted molar refractivity (Wildman–Crippen MR) is 82.3 cm³/mol. The quantitative estimate of drug-likeness (QED) is 0.812. The lowest BCUT2D eigenvalue weighted by Crippen LogP contribution is -2.47. The Kier molecular flexibility index (Phi) is 6.60. The molecule has 1 aromatic heterocycles. The van der Waals surface area contributed by atoms with Crippen molar-refractivity contribution in [3.63, 3.8) is 0 Å². The smallest absolute Gasteiger partial charge is 0.169 e. The Morgan fingerprint density at radius 3 is 2.83 bits per heavy atom. The van der Waals surface area contributed by atoms with Crippen molar-refractivity contribution < 1.29 is 4.74 Å². The van der Waals surface area contributed by atoms with Crippen molar-refractivity contribution in [3.8, 4) is 0 Å².